The number of aryl methyl sites for hydroxylation is 1. The van der Waals surface area contributed by atoms with Crippen LogP contribution in [0.25, 0.3) is 11.0 Å². The lowest BCUT2D eigenvalue weighted by Gasteiger charge is -2.37. The van der Waals surface area contributed by atoms with E-state index in [-0.39, 0.29) is 25.2 Å². The van der Waals surface area contributed by atoms with Gasteiger partial charge in [-0.15, -0.1) is 0 Å². The van der Waals surface area contributed by atoms with E-state index in [1.165, 1.54) is 0 Å². The summed E-state index contributed by atoms with van der Waals surface area (Å²) < 4.78 is 7.62. The molecule has 0 saturated heterocycles. The minimum absolute atomic E-state index is 0.134. The summed E-state index contributed by atoms with van der Waals surface area (Å²) in [6.45, 7) is 5.90. The Bertz CT molecular complexity index is 1040. The largest absolute Gasteiger partial charge is 0.491 e. The average molecular weight is 380 g/mol. The first-order valence-electron chi connectivity index (χ1n) is 9.41. The Morgan fingerprint density at radius 1 is 1.39 bits per heavy atom. The van der Waals surface area contributed by atoms with E-state index in [4.69, 9.17) is 4.74 Å². The summed E-state index contributed by atoms with van der Waals surface area (Å²) in [6.07, 6.45) is 2.18. The van der Waals surface area contributed by atoms with Gasteiger partial charge in [0.1, 0.15) is 17.9 Å². The third-order valence-electron chi connectivity index (χ3n) is 5.12. The lowest BCUT2D eigenvalue weighted by molar-refractivity contribution is 0.0654. The second-order valence-electron chi connectivity index (χ2n) is 7.70. The van der Waals surface area contributed by atoms with E-state index in [9.17, 15) is 9.90 Å². The molecule has 0 saturated carbocycles. The normalized spacial score (nSPS) is 18.8. The van der Waals surface area contributed by atoms with Crippen molar-refractivity contribution in [3.05, 3.63) is 53.3 Å². The van der Waals surface area contributed by atoms with Crippen molar-refractivity contribution in [1.82, 2.24) is 20.1 Å². The van der Waals surface area contributed by atoms with E-state index in [2.05, 4.69) is 15.4 Å². The number of aliphatic hydroxyl groups excluding tert-OH is 1. The van der Waals surface area contributed by atoms with Crippen LogP contribution in [-0.2, 0) is 6.42 Å². The van der Waals surface area contributed by atoms with Crippen LogP contribution in [0.4, 0.5) is 0 Å². The van der Waals surface area contributed by atoms with Crippen molar-refractivity contribution in [2.75, 3.05) is 13.2 Å². The number of rotatable bonds is 4. The fourth-order valence-corrected chi connectivity index (χ4v) is 3.66. The Balaban J connectivity index is 1.68. The number of ether oxygens (including phenoxy) is 1. The number of pyridine rings is 1. The van der Waals surface area contributed by atoms with E-state index in [1.807, 2.05) is 45.0 Å². The van der Waals surface area contributed by atoms with Gasteiger partial charge in [0.2, 0.25) is 0 Å². The zero-order chi connectivity index (χ0) is 19.9. The predicted octanol–water partition coefficient (Wildman–Crippen LogP) is 2.42. The molecule has 2 aromatic heterocycles. The van der Waals surface area contributed by atoms with Crippen LogP contribution in [0.3, 0.4) is 0 Å². The van der Waals surface area contributed by atoms with Crippen molar-refractivity contribution in [3.63, 3.8) is 0 Å². The Kier molecular flexibility index (Phi) is 4.55. The Labute approximate surface area is 163 Å². The van der Waals surface area contributed by atoms with Gasteiger partial charge in [0.25, 0.3) is 5.91 Å². The molecule has 1 amide bonds. The van der Waals surface area contributed by atoms with Crippen LogP contribution in [0, 0.1) is 6.92 Å². The van der Waals surface area contributed by atoms with Crippen LogP contribution >= 0.6 is 0 Å². The van der Waals surface area contributed by atoms with Gasteiger partial charge < -0.3 is 15.2 Å². The SMILES string of the molecule is Cc1cc(C(=O)NC2(CO)COc3ccccc3C2)c2cnn(C(C)C)c2n1. The number of carbonyl (C=O) groups excluding carboxylic acids is 1. The molecule has 7 nitrogen and oxygen atoms in total. The van der Waals surface area contributed by atoms with Crippen LogP contribution in [0.1, 0.15) is 41.5 Å². The second-order valence-corrected chi connectivity index (χ2v) is 7.70. The minimum Gasteiger partial charge on any atom is -0.491 e. The first kappa shape index (κ1) is 18.4. The van der Waals surface area contributed by atoms with Crippen molar-refractivity contribution in [1.29, 1.82) is 0 Å². The molecule has 1 aromatic carbocycles. The number of hydrogen-bond acceptors (Lipinski definition) is 5. The molecule has 28 heavy (non-hydrogen) atoms. The molecule has 3 aromatic rings. The maximum absolute atomic E-state index is 13.2. The average Bonchev–Trinajstić information content (AvgIpc) is 3.11. The number of aromatic nitrogens is 3. The summed E-state index contributed by atoms with van der Waals surface area (Å²) in [4.78, 5) is 17.8. The summed E-state index contributed by atoms with van der Waals surface area (Å²) in [5.74, 6) is 0.525. The highest BCUT2D eigenvalue weighted by Crippen LogP contribution is 2.30. The molecule has 4 rings (SSSR count). The zero-order valence-electron chi connectivity index (χ0n) is 16.3. The first-order chi connectivity index (χ1) is 13.4. The molecule has 1 aliphatic rings. The molecular formula is C21H24N4O3. The topological polar surface area (TPSA) is 89.3 Å². The maximum atomic E-state index is 13.2. The van der Waals surface area contributed by atoms with E-state index in [0.29, 0.717) is 23.0 Å². The molecule has 2 N–H and O–H groups in total. The van der Waals surface area contributed by atoms with Crippen LogP contribution in [0.15, 0.2) is 36.5 Å². The fraction of sp³-hybridized carbons (Fsp3) is 0.381. The van der Waals surface area contributed by atoms with E-state index in [1.54, 1.807) is 16.9 Å². The molecule has 1 aliphatic heterocycles. The van der Waals surface area contributed by atoms with Gasteiger partial charge >= 0.3 is 0 Å². The molecule has 0 bridgehead atoms. The molecule has 1 atom stereocenters. The summed E-state index contributed by atoms with van der Waals surface area (Å²) in [5, 5.41) is 18.2. The summed E-state index contributed by atoms with van der Waals surface area (Å²) in [5.41, 5.74) is 2.02. The lowest BCUT2D eigenvalue weighted by atomic mass is 9.89. The maximum Gasteiger partial charge on any atom is 0.252 e. The van der Waals surface area contributed by atoms with Gasteiger partial charge in [0.15, 0.2) is 5.65 Å². The van der Waals surface area contributed by atoms with Crippen molar-refractivity contribution < 1.29 is 14.6 Å². The highest BCUT2D eigenvalue weighted by atomic mass is 16.5. The van der Waals surface area contributed by atoms with Gasteiger partial charge in [-0.1, -0.05) is 18.2 Å². The second kappa shape index (κ2) is 6.91. The van der Waals surface area contributed by atoms with Gasteiger partial charge in [-0.2, -0.15) is 5.10 Å². The van der Waals surface area contributed by atoms with E-state index >= 15 is 0 Å². The van der Waals surface area contributed by atoms with Gasteiger partial charge in [0.05, 0.1) is 23.8 Å². The summed E-state index contributed by atoms with van der Waals surface area (Å²) in [6, 6.07) is 9.57. The molecule has 0 radical (unpaired) electrons. The van der Waals surface area contributed by atoms with Gasteiger partial charge in [-0.05, 0) is 38.5 Å². The Hall–Kier alpha value is -2.93. The fourth-order valence-electron chi connectivity index (χ4n) is 3.66. The Morgan fingerprint density at radius 3 is 2.93 bits per heavy atom. The molecule has 0 spiro atoms. The molecule has 146 valence electrons. The number of fused-ring (bicyclic) bond motifs is 2. The van der Waals surface area contributed by atoms with Crippen LogP contribution in [0.2, 0.25) is 0 Å². The number of hydrogen-bond donors (Lipinski definition) is 2. The van der Waals surface area contributed by atoms with Crippen LogP contribution in [0.5, 0.6) is 5.75 Å². The quantitative estimate of drug-likeness (QED) is 0.726. The lowest BCUT2D eigenvalue weighted by Crippen LogP contribution is -2.58. The summed E-state index contributed by atoms with van der Waals surface area (Å²) >= 11 is 0. The number of nitrogens with zero attached hydrogens (tertiary/aromatic N) is 3. The third kappa shape index (κ3) is 3.11. The molecule has 7 heteroatoms. The number of aliphatic hydroxyl groups is 1. The third-order valence-corrected chi connectivity index (χ3v) is 5.12. The number of para-hydroxylation sites is 1. The number of amides is 1. The minimum atomic E-state index is -0.872. The number of benzene rings is 1. The number of nitrogens with one attached hydrogen (secondary N) is 1. The van der Waals surface area contributed by atoms with Crippen LogP contribution < -0.4 is 10.1 Å². The van der Waals surface area contributed by atoms with Crippen molar-refractivity contribution in [3.8, 4) is 5.75 Å². The van der Waals surface area contributed by atoms with Gasteiger partial charge in [-0.25, -0.2) is 9.67 Å². The standard InChI is InChI=1S/C21H24N4O3/c1-13(2)25-19-17(10-22-25)16(8-14(3)23-19)20(27)24-21(11-26)9-15-6-4-5-7-18(15)28-12-21/h4-8,10,13,26H,9,11-12H2,1-3H3,(H,24,27). The monoisotopic (exact) mass is 380 g/mol. The number of carbonyl (C=O) groups is 1. The summed E-state index contributed by atoms with van der Waals surface area (Å²) in [7, 11) is 0. The van der Waals surface area contributed by atoms with Gasteiger partial charge in [-0.3, -0.25) is 4.79 Å². The van der Waals surface area contributed by atoms with Crippen LogP contribution in [-0.4, -0.2) is 44.5 Å². The van der Waals surface area contributed by atoms with Crippen molar-refractivity contribution >= 4 is 16.9 Å². The van der Waals surface area contributed by atoms with E-state index < -0.39 is 5.54 Å². The molecule has 3 heterocycles. The van der Waals surface area contributed by atoms with Crippen molar-refractivity contribution in [2.24, 2.45) is 0 Å². The molecule has 1 unspecified atom stereocenters. The first-order valence-corrected chi connectivity index (χ1v) is 9.41. The zero-order valence-corrected chi connectivity index (χ0v) is 16.3. The molecular weight excluding hydrogens is 356 g/mol. The highest BCUT2D eigenvalue weighted by Gasteiger charge is 2.37. The molecule has 0 fully saturated rings. The highest BCUT2D eigenvalue weighted by molar-refractivity contribution is 6.05. The molecule has 0 aliphatic carbocycles. The van der Waals surface area contributed by atoms with Gasteiger partial charge in [0, 0.05) is 18.2 Å². The van der Waals surface area contributed by atoms with Crippen molar-refractivity contribution in [2.45, 2.75) is 38.8 Å². The smallest absolute Gasteiger partial charge is 0.252 e. The predicted molar refractivity (Wildman–Crippen MR) is 106 cm³/mol. The Morgan fingerprint density at radius 2 is 2.18 bits per heavy atom. The van der Waals surface area contributed by atoms with E-state index in [0.717, 1.165) is 17.0 Å².